The maximum atomic E-state index is 12.7. The molecule has 1 aromatic heterocycles. The summed E-state index contributed by atoms with van der Waals surface area (Å²) in [5.41, 5.74) is 3.90. The Kier molecular flexibility index (Phi) is 4.13. The topological polar surface area (TPSA) is 73.2 Å². The fourth-order valence-electron chi connectivity index (χ4n) is 3.70. The zero-order valence-electron chi connectivity index (χ0n) is 14.2. The van der Waals surface area contributed by atoms with Gasteiger partial charge in [-0.3, -0.25) is 9.59 Å². The highest BCUT2D eigenvalue weighted by Crippen LogP contribution is 2.27. The average Bonchev–Trinajstić information content (AvgIpc) is 2.62. The van der Waals surface area contributed by atoms with Crippen molar-refractivity contribution >= 4 is 5.91 Å². The van der Waals surface area contributed by atoms with Crippen molar-refractivity contribution in [2.75, 3.05) is 6.61 Å². The van der Waals surface area contributed by atoms with Crippen molar-refractivity contribution < 1.29 is 9.53 Å². The minimum atomic E-state index is -0.548. The molecule has 0 radical (unpaired) electrons. The van der Waals surface area contributed by atoms with Crippen LogP contribution in [0.5, 0.6) is 0 Å². The first kappa shape index (κ1) is 16.0. The van der Waals surface area contributed by atoms with Gasteiger partial charge in [0, 0.05) is 19.2 Å². The first-order valence-electron chi connectivity index (χ1n) is 8.67. The van der Waals surface area contributed by atoms with Crippen molar-refractivity contribution in [1.29, 1.82) is 0 Å². The van der Waals surface area contributed by atoms with E-state index in [0.29, 0.717) is 13.0 Å². The quantitative estimate of drug-likeness (QED) is 0.888. The molecule has 2 unspecified atom stereocenters. The van der Waals surface area contributed by atoms with E-state index in [2.05, 4.69) is 16.5 Å². The molecule has 0 bridgehead atoms. The molecule has 0 saturated carbocycles. The van der Waals surface area contributed by atoms with E-state index >= 15 is 0 Å². The lowest BCUT2D eigenvalue weighted by Crippen LogP contribution is -2.43. The number of amides is 1. The van der Waals surface area contributed by atoms with Crippen molar-refractivity contribution in [3.63, 3.8) is 0 Å². The second-order valence-electron chi connectivity index (χ2n) is 6.73. The molecule has 4 rings (SSSR count). The molecule has 130 valence electrons. The zero-order valence-corrected chi connectivity index (χ0v) is 14.2. The molecule has 2 atom stereocenters. The molecule has 0 fully saturated rings. The summed E-state index contributed by atoms with van der Waals surface area (Å²) in [5, 5.41) is 7.42. The first-order valence-corrected chi connectivity index (χ1v) is 8.67. The number of carbonyl (C=O) groups is 1. The van der Waals surface area contributed by atoms with Crippen LogP contribution in [0.2, 0.25) is 0 Å². The Morgan fingerprint density at radius 1 is 1.28 bits per heavy atom. The lowest BCUT2D eigenvalue weighted by Gasteiger charge is -2.29. The zero-order chi connectivity index (χ0) is 17.4. The molecule has 2 heterocycles. The van der Waals surface area contributed by atoms with Gasteiger partial charge in [0.25, 0.3) is 11.5 Å². The number of carbonyl (C=O) groups excluding carboxylic acids is 1. The largest absolute Gasteiger partial charge is 0.363 e. The van der Waals surface area contributed by atoms with Crippen molar-refractivity contribution in [3.05, 3.63) is 63.1 Å². The maximum Gasteiger partial charge on any atom is 0.266 e. The molecule has 1 aromatic carbocycles. The molecule has 6 heteroatoms. The highest BCUT2D eigenvalue weighted by Gasteiger charge is 2.30. The van der Waals surface area contributed by atoms with Crippen LogP contribution in [-0.4, -0.2) is 28.3 Å². The molecule has 1 N–H and O–H groups in total. The Labute approximate surface area is 145 Å². The maximum absolute atomic E-state index is 12.7. The van der Waals surface area contributed by atoms with Gasteiger partial charge >= 0.3 is 0 Å². The first-order chi connectivity index (χ1) is 12.1. The monoisotopic (exact) mass is 339 g/mol. The van der Waals surface area contributed by atoms with Crippen LogP contribution in [0.4, 0.5) is 0 Å². The average molecular weight is 339 g/mol. The standard InChI is InChI=1S/C19H21N3O3/c1-22-17(23)11-13-10-14(6-7-16(13)21-22)20-19(24)18-15-5-3-2-4-12(15)8-9-25-18/h2-5,11,14,18H,6-10H2,1H3,(H,20,24). The van der Waals surface area contributed by atoms with Gasteiger partial charge in [-0.25, -0.2) is 4.68 Å². The van der Waals surface area contributed by atoms with E-state index in [1.165, 1.54) is 10.2 Å². The molecule has 6 nitrogen and oxygen atoms in total. The SMILES string of the molecule is Cn1nc2c(cc1=O)CC(NC(=O)C1OCCc3ccccc31)CC2. The Morgan fingerprint density at radius 2 is 2.12 bits per heavy atom. The predicted molar refractivity (Wildman–Crippen MR) is 92.3 cm³/mol. The van der Waals surface area contributed by atoms with Gasteiger partial charge < -0.3 is 10.1 Å². The van der Waals surface area contributed by atoms with Gasteiger partial charge in [-0.05, 0) is 42.4 Å². The Hall–Kier alpha value is -2.47. The molecule has 1 aliphatic heterocycles. The predicted octanol–water partition coefficient (Wildman–Crippen LogP) is 1.07. The van der Waals surface area contributed by atoms with Gasteiger partial charge in [-0.15, -0.1) is 0 Å². The number of nitrogens with zero attached hydrogens (tertiary/aromatic N) is 2. The third-order valence-corrected chi connectivity index (χ3v) is 5.03. The van der Waals surface area contributed by atoms with Crippen LogP contribution in [0, 0.1) is 0 Å². The van der Waals surface area contributed by atoms with Crippen molar-refractivity contribution in [3.8, 4) is 0 Å². The summed E-state index contributed by atoms with van der Waals surface area (Å²) in [6.45, 7) is 0.558. The Morgan fingerprint density at radius 3 is 3.00 bits per heavy atom. The molecular formula is C19H21N3O3. The molecule has 25 heavy (non-hydrogen) atoms. The van der Waals surface area contributed by atoms with Crippen LogP contribution in [0.1, 0.15) is 34.9 Å². The smallest absolute Gasteiger partial charge is 0.266 e. The number of rotatable bonds is 2. The van der Waals surface area contributed by atoms with E-state index in [0.717, 1.165) is 36.1 Å². The number of nitrogens with one attached hydrogen (secondary N) is 1. The summed E-state index contributed by atoms with van der Waals surface area (Å²) in [6.07, 6.45) is 2.51. The van der Waals surface area contributed by atoms with E-state index < -0.39 is 6.10 Å². The van der Waals surface area contributed by atoms with Crippen LogP contribution >= 0.6 is 0 Å². The third-order valence-electron chi connectivity index (χ3n) is 5.03. The minimum absolute atomic E-state index is 0.00611. The number of fused-ring (bicyclic) bond motifs is 2. The molecule has 1 aliphatic carbocycles. The number of ether oxygens (including phenoxy) is 1. The van der Waals surface area contributed by atoms with Gasteiger partial charge in [0.05, 0.1) is 12.3 Å². The highest BCUT2D eigenvalue weighted by atomic mass is 16.5. The summed E-state index contributed by atoms with van der Waals surface area (Å²) >= 11 is 0. The minimum Gasteiger partial charge on any atom is -0.363 e. The molecule has 0 saturated heterocycles. The number of aromatic nitrogens is 2. The number of hydrogen-bond donors (Lipinski definition) is 1. The van der Waals surface area contributed by atoms with E-state index in [4.69, 9.17) is 4.74 Å². The van der Waals surface area contributed by atoms with Crippen molar-refractivity contribution in [2.24, 2.45) is 7.05 Å². The Bertz CT molecular complexity index is 874. The van der Waals surface area contributed by atoms with E-state index in [9.17, 15) is 9.59 Å². The van der Waals surface area contributed by atoms with Gasteiger partial charge in [-0.2, -0.15) is 5.10 Å². The van der Waals surface area contributed by atoms with Gasteiger partial charge in [0.1, 0.15) is 0 Å². The lowest BCUT2D eigenvalue weighted by atomic mass is 9.91. The van der Waals surface area contributed by atoms with Crippen LogP contribution < -0.4 is 10.9 Å². The summed E-state index contributed by atoms with van der Waals surface area (Å²) in [6, 6.07) is 9.58. The normalized spacial score (nSPS) is 22.0. The fourth-order valence-corrected chi connectivity index (χ4v) is 3.70. The second-order valence-corrected chi connectivity index (χ2v) is 6.73. The van der Waals surface area contributed by atoms with E-state index in [1.807, 2.05) is 18.2 Å². The number of hydrogen-bond acceptors (Lipinski definition) is 4. The fraction of sp³-hybridized carbons (Fsp3) is 0.421. The van der Waals surface area contributed by atoms with Crippen LogP contribution in [0.15, 0.2) is 35.1 Å². The number of benzene rings is 1. The molecule has 2 aliphatic rings. The van der Waals surface area contributed by atoms with Gasteiger partial charge in [0.2, 0.25) is 0 Å². The van der Waals surface area contributed by atoms with Crippen LogP contribution in [0.25, 0.3) is 0 Å². The summed E-state index contributed by atoms with van der Waals surface area (Å²) in [5.74, 6) is -0.0996. The molecular weight excluding hydrogens is 318 g/mol. The third kappa shape index (κ3) is 3.09. The van der Waals surface area contributed by atoms with Gasteiger partial charge in [-0.1, -0.05) is 24.3 Å². The van der Waals surface area contributed by atoms with E-state index in [1.54, 1.807) is 13.1 Å². The highest BCUT2D eigenvalue weighted by molar-refractivity contribution is 5.83. The van der Waals surface area contributed by atoms with Crippen molar-refractivity contribution in [2.45, 2.75) is 37.8 Å². The molecule has 2 aromatic rings. The lowest BCUT2D eigenvalue weighted by molar-refractivity contribution is -0.134. The summed E-state index contributed by atoms with van der Waals surface area (Å²) < 4.78 is 7.10. The molecule has 1 amide bonds. The van der Waals surface area contributed by atoms with Crippen LogP contribution in [-0.2, 0) is 35.8 Å². The van der Waals surface area contributed by atoms with Crippen molar-refractivity contribution in [1.82, 2.24) is 15.1 Å². The van der Waals surface area contributed by atoms with Gasteiger partial charge in [0.15, 0.2) is 6.10 Å². The Balaban J connectivity index is 1.49. The summed E-state index contributed by atoms with van der Waals surface area (Å²) in [4.78, 5) is 24.5. The summed E-state index contributed by atoms with van der Waals surface area (Å²) in [7, 11) is 1.66. The van der Waals surface area contributed by atoms with E-state index in [-0.39, 0.29) is 17.5 Å². The number of aryl methyl sites for hydroxylation is 2. The molecule has 0 spiro atoms. The second kappa shape index (κ2) is 6.44. The van der Waals surface area contributed by atoms with Crippen LogP contribution in [0.3, 0.4) is 0 Å².